The van der Waals surface area contributed by atoms with Crippen LogP contribution in [0.15, 0.2) is 18.2 Å². The number of carboxylic acid groups (broad SMARTS) is 1. The Morgan fingerprint density at radius 1 is 1.14 bits per heavy atom. The zero-order chi connectivity index (χ0) is 20.1. The average molecular weight is 426 g/mol. The van der Waals surface area contributed by atoms with Crippen molar-refractivity contribution in [1.82, 2.24) is 9.80 Å². The van der Waals surface area contributed by atoms with Gasteiger partial charge < -0.3 is 14.9 Å². The summed E-state index contributed by atoms with van der Waals surface area (Å²) in [4.78, 5) is 31.0. The molecule has 3 aliphatic rings. The number of amides is 1. The minimum Gasteiger partial charge on any atom is -0.481 e. The molecule has 1 spiro atoms. The van der Waals surface area contributed by atoms with Crippen LogP contribution in [-0.2, 0) is 9.59 Å². The van der Waals surface area contributed by atoms with Gasteiger partial charge >= 0.3 is 5.97 Å². The minimum absolute atomic E-state index is 0.0674. The average Bonchev–Trinajstić information content (AvgIpc) is 3.41. The van der Waals surface area contributed by atoms with Gasteiger partial charge in [-0.15, -0.1) is 0 Å². The summed E-state index contributed by atoms with van der Waals surface area (Å²) in [6.07, 6.45) is 2.75. The van der Waals surface area contributed by atoms with E-state index in [0.29, 0.717) is 42.6 Å². The van der Waals surface area contributed by atoms with Crippen molar-refractivity contribution in [3.8, 4) is 0 Å². The van der Waals surface area contributed by atoms with Crippen LogP contribution in [0.2, 0.25) is 10.0 Å². The lowest BCUT2D eigenvalue weighted by molar-refractivity contribution is -0.156. The fourth-order valence-corrected chi connectivity index (χ4v) is 5.21. The molecule has 1 aromatic rings. The van der Waals surface area contributed by atoms with Gasteiger partial charge in [-0.3, -0.25) is 14.5 Å². The number of anilines is 1. The number of piperidine rings is 1. The Hall–Kier alpha value is -1.50. The summed E-state index contributed by atoms with van der Waals surface area (Å²) in [5, 5.41) is 10.8. The largest absolute Gasteiger partial charge is 0.481 e. The van der Waals surface area contributed by atoms with Crippen LogP contribution in [0.5, 0.6) is 0 Å². The first-order valence-electron chi connectivity index (χ1n) is 9.72. The summed E-state index contributed by atoms with van der Waals surface area (Å²) in [5.41, 5.74) is 0.992. The highest BCUT2D eigenvalue weighted by molar-refractivity contribution is 6.43. The molecule has 152 valence electrons. The monoisotopic (exact) mass is 425 g/mol. The van der Waals surface area contributed by atoms with E-state index in [1.807, 2.05) is 24.1 Å². The summed E-state index contributed by atoms with van der Waals surface area (Å²) in [5.74, 6) is -1.56. The topological polar surface area (TPSA) is 64.1 Å². The lowest BCUT2D eigenvalue weighted by Crippen LogP contribution is -2.60. The molecule has 2 atom stereocenters. The Morgan fingerprint density at radius 3 is 2.43 bits per heavy atom. The fraction of sp³-hybridized carbons (Fsp3) is 0.600. The Kier molecular flexibility index (Phi) is 5.23. The Bertz CT molecular complexity index is 791. The highest BCUT2D eigenvalue weighted by atomic mass is 35.5. The maximum Gasteiger partial charge on any atom is 0.308 e. The number of aliphatic carboxylic acids is 1. The van der Waals surface area contributed by atoms with Gasteiger partial charge in [0, 0.05) is 32.7 Å². The van der Waals surface area contributed by atoms with Crippen molar-refractivity contribution in [2.75, 3.05) is 44.7 Å². The smallest absolute Gasteiger partial charge is 0.308 e. The van der Waals surface area contributed by atoms with Gasteiger partial charge in [0.15, 0.2) is 0 Å². The normalized spacial score (nSPS) is 27.1. The molecule has 2 aliphatic heterocycles. The molecule has 6 nitrogen and oxygen atoms in total. The van der Waals surface area contributed by atoms with Crippen molar-refractivity contribution in [1.29, 1.82) is 0 Å². The van der Waals surface area contributed by atoms with Gasteiger partial charge in [-0.05, 0) is 43.9 Å². The molecule has 1 aliphatic carbocycles. The molecule has 2 saturated heterocycles. The van der Waals surface area contributed by atoms with Gasteiger partial charge in [0.25, 0.3) is 0 Å². The molecule has 2 unspecified atom stereocenters. The predicted molar refractivity (Wildman–Crippen MR) is 109 cm³/mol. The van der Waals surface area contributed by atoms with Gasteiger partial charge in [0.1, 0.15) is 6.04 Å². The van der Waals surface area contributed by atoms with E-state index in [1.165, 1.54) is 0 Å². The van der Waals surface area contributed by atoms with E-state index in [2.05, 4.69) is 4.90 Å². The molecule has 2 heterocycles. The van der Waals surface area contributed by atoms with Crippen LogP contribution in [0, 0.1) is 11.3 Å². The molecule has 3 fully saturated rings. The molecule has 1 amide bonds. The molecule has 0 bridgehead atoms. The first kappa shape index (κ1) is 19.8. The molecule has 1 N–H and O–H groups in total. The summed E-state index contributed by atoms with van der Waals surface area (Å²) < 4.78 is 0. The van der Waals surface area contributed by atoms with Crippen LogP contribution >= 0.6 is 23.2 Å². The van der Waals surface area contributed by atoms with E-state index in [4.69, 9.17) is 23.2 Å². The second-order valence-corrected chi connectivity index (χ2v) is 9.18. The summed E-state index contributed by atoms with van der Waals surface area (Å²) >= 11 is 12.4. The molecule has 0 radical (unpaired) electrons. The van der Waals surface area contributed by atoms with Gasteiger partial charge in [0.05, 0.1) is 21.7 Å². The minimum atomic E-state index is -0.861. The third kappa shape index (κ3) is 3.58. The van der Waals surface area contributed by atoms with Crippen molar-refractivity contribution in [3.63, 3.8) is 0 Å². The van der Waals surface area contributed by atoms with E-state index >= 15 is 0 Å². The Labute approximate surface area is 175 Å². The van der Waals surface area contributed by atoms with Crippen LogP contribution in [0.1, 0.15) is 19.3 Å². The Balaban J connectivity index is 1.44. The van der Waals surface area contributed by atoms with Crippen molar-refractivity contribution >= 4 is 40.8 Å². The predicted octanol–water partition coefficient (Wildman–Crippen LogP) is 2.83. The molecule has 8 heteroatoms. The summed E-state index contributed by atoms with van der Waals surface area (Å²) in [6.45, 7) is 3.19. The lowest BCUT2D eigenvalue weighted by atomic mass is 9.80. The molecule has 0 aromatic heterocycles. The van der Waals surface area contributed by atoms with Crippen LogP contribution in [0.25, 0.3) is 0 Å². The van der Waals surface area contributed by atoms with Crippen LogP contribution in [-0.4, -0.2) is 72.6 Å². The van der Waals surface area contributed by atoms with E-state index in [0.717, 1.165) is 25.1 Å². The van der Waals surface area contributed by atoms with Gasteiger partial charge in [-0.2, -0.15) is 0 Å². The number of likely N-dealkylation sites (N-methyl/N-ethyl adjacent to an activating group) is 1. The Morgan fingerprint density at radius 2 is 1.82 bits per heavy atom. The number of carbonyl (C=O) groups is 2. The maximum absolute atomic E-state index is 13.2. The molecule has 4 rings (SSSR count). The van der Waals surface area contributed by atoms with Crippen molar-refractivity contribution < 1.29 is 14.7 Å². The number of carboxylic acids is 1. The van der Waals surface area contributed by atoms with Crippen molar-refractivity contribution in [2.45, 2.75) is 25.3 Å². The highest BCUT2D eigenvalue weighted by Crippen LogP contribution is 2.54. The number of benzene rings is 1. The first-order chi connectivity index (χ1) is 13.3. The van der Waals surface area contributed by atoms with Crippen LogP contribution in [0.3, 0.4) is 0 Å². The molecule has 1 saturated carbocycles. The molecular weight excluding hydrogens is 401 g/mol. The quantitative estimate of drug-likeness (QED) is 0.806. The number of hydrogen-bond acceptors (Lipinski definition) is 4. The maximum atomic E-state index is 13.2. The number of hydrogen-bond donors (Lipinski definition) is 1. The number of rotatable bonds is 3. The molecule has 28 heavy (non-hydrogen) atoms. The SMILES string of the molecule is CN1CC2(CC2)CC(C(=O)O)C1C(=O)N1CCN(c2cccc(Cl)c2Cl)CC1. The number of carbonyl (C=O) groups excluding carboxylic acids is 1. The van der Waals surface area contributed by atoms with Crippen LogP contribution < -0.4 is 4.90 Å². The molecular formula is C20H25Cl2N3O3. The lowest BCUT2D eigenvalue weighted by Gasteiger charge is -2.44. The number of nitrogens with zero attached hydrogens (tertiary/aromatic N) is 3. The van der Waals surface area contributed by atoms with Gasteiger partial charge in [-0.1, -0.05) is 29.3 Å². The third-order valence-electron chi connectivity index (χ3n) is 6.48. The number of likely N-dealkylation sites (tertiary alicyclic amines) is 1. The summed E-state index contributed by atoms with van der Waals surface area (Å²) in [7, 11) is 1.89. The zero-order valence-corrected chi connectivity index (χ0v) is 17.4. The standard InChI is InChI=1S/C20H25Cl2N3O3/c1-23-12-20(5-6-20)11-13(19(27)28)17(23)18(26)25-9-7-24(8-10-25)15-4-2-3-14(21)16(15)22/h2-4,13,17H,5-12H2,1H3,(H,27,28). The first-order valence-corrected chi connectivity index (χ1v) is 10.5. The molecule has 1 aromatic carbocycles. The number of piperazine rings is 1. The number of halogens is 2. The van der Waals surface area contributed by atoms with E-state index in [1.54, 1.807) is 11.0 Å². The zero-order valence-electron chi connectivity index (χ0n) is 15.9. The van der Waals surface area contributed by atoms with Crippen molar-refractivity contribution in [3.05, 3.63) is 28.2 Å². The van der Waals surface area contributed by atoms with Gasteiger partial charge in [-0.25, -0.2) is 0 Å². The van der Waals surface area contributed by atoms with Crippen LogP contribution in [0.4, 0.5) is 5.69 Å². The third-order valence-corrected chi connectivity index (χ3v) is 7.29. The van der Waals surface area contributed by atoms with Gasteiger partial charge in [0.2, 0.25) is 5.91 Å². The fourth-order valence-electron chi connectivity index (χ4n) is 4.79. The van der Waals surface area contributed by atoms with E-state index in [9.17, 15) is 14.7 Å². The van der Waals surface area contributed by atoms with Crippen molar-refractivity contribution in [2.24, 2.45) is 11.3 Å². The second kappa shape index (κ2) is 7.39. The highest BCUT2D eigenvalue weighted by Gasteiger charge is 2.55. The summed E-state index contributed by atoms with van der Waals surface area (Å²) in [6, 6.07) is 4.97. The van der Waals surface area contributed by atoms with E-state index < -0.39 is 17.9 Å². The van der Waals surface area contributed by atoms with E-state index in [-0.39, 0.29) is 11.3 Å². The second-order valence-electron chi connectivity index (χ2n) is 8.39.